The van der Waals surface area contributed by atoms with Crippen LogP contribution in [0.15, 0.2) is 42.5 Å². The minimum atomic E-state index is -0.0818. The molecule has 0 spiro atoms. The van der Waals surface area contributed by atoms with Gasteiger partial charge in [-0.25, -0.2) is 0 Å². The second-order valence-corrected chi connectivity index (χ2v) is 9.52. The van der Waals surface area contributed by atoms with Crippen LogP contribution in [0.4, 0.5) is 0 Å². The van der Waals surface area contributed by atoms with Crippen molar-refractivity contribution in [3.05, 3.63) is 70.3 Å². The van der Waals surface area contributed by atoms with Crippen molar-refractivity contribution >= 4 is 11.8 Å². The predicted molar refractivity (Wildman–Crippen MR) is 125 cm³/mol. The monoisotopic (exact) mass is 431 g/mol. The third kappa shape index (κ3) is 3.73. The van der Waals surface area contributed by atoms with Crippen LogP contribution in [0.3, 0.4) is 0 Å². The molecule has 0 unspecified atom stereocenters. The molecule has 0 aliphatic carbocycles. The molecule has 5 rings (SSSR count). The van der Waals surface area contributed by atoms with Crippen molar-refractivity contribution in [2.24, 2.45) is 5.92 Å². The highest BCUT2D eigenvalue weighted by Crippen LogP contribution is 2.43. The van der Waals surface area contributed by atoms with Crippen LogP contribution in [0.25, 0.3) is 0 Å². The van der Waals surface area contributed by atoms with E-state index in [1.54, 1.807) is 0 Å². The number of fused-ring (bicyclic) bond motifs is 4. The summed E-state index contributed by atoms with van der Waals surface area (Å²) in [6.45, 7) is 5.89. The average molecular weight is 432 g/mol. The number of carbonyl (C=O) groups excluding carboxylic acids is 2. The first-order valence-electron chi connectivity index (χ1n) is 12.1. The molecule has 2 N–H and O–H groups in total. The van der Waals surface area contributed by atoms with Crippen molar-refractivity contribution in [1.82, 2.24) is 15.5 Å². The largest absolute Gasteiger partial charge is 0.346 e. The summed E-state index contributed by atoms with van der Waals surface area (Å²) in [6.07, 6.45) is 4.64. The minimum Gasteiger partial charge on any atom is -0.346 e. The number of carbonyl (C=O) groups is 2. The molecule has 5 nitrogen and oxygen atoms in total. The number of amides is 2. The quantitative estimate of drug-likeness (QED) is 0.771. The Morgan fingerprint density at radius 3 is 2.84 bits per heavy atom. The first-order chi connectivity index (χ1) is 15.6. The summed E-state index contributed by atoms with van der Waals surface area (Å²) in [7, 11) is 0. The normalized spacial score (nSPS) is 25.4. The molecule has 2 saturated heterocycles. The van der Waals surface area contributed by atoms with Gasteiger partial charge >= 0.3 is 0 Å². The molecule has 3 heterocycles. The Hall–Kier alpha value is -2.66. The Labute approximate surface area is 190 Å². The topological polar surface area (TPSA) is 61.4 Å². The van der Waals surface area contributed by atoms with Crippen LogP contribution in [0.5, 0.6) is 0 Å². The molecule has 4 atom stereocenters. The van der Waals surface area contributed by atoms with E-state index in [0.717, 1.165) is 61.9 Å². The maximum absolute atomic E-state index is 13.6. The number of nitrogens with zero attached hydrogens (tertiary/aromatic N) is 1. The molecule has 5 heteroatoms. The fourth-order valence-corrected chi connectivity index (χ4v) is 5.88. The van der Waals surface area contributed by atoms with E-state index in [0.29, 0.717) is 0 Å². The summed E-state index contributed by atoms with van der Waals surface area (Å²) in [4.78, 5) is 29.0. The maximum atomic E-state index is 13.6. The summed E-state index contributed by atoms with van der Waals surface area (Å²) in [5.41, 5.74) is 5.34. The van der Waals surface area contributed by atoms with Crippen LogP contribution < -0.4 is 10.6 Å². The van der Waals surface area contributed by atoms with Gasteiger partial charge < -0.3 is 15.5 Å². The number of rotatable bonds is 4. The molecule has 0 saturated carbocycles. The SMILES string of the molecule is CCc1cc2c(c(C(=O)N[C@H](C)c3ccccc3)c1)[C@H]1C[C@@H]3NCCC[C@@H]3C(=O)N1CC2. The first-order valence-corrected chi connectivity index (χ1v) is 12.1. The molecule has 2 fully saturated rings. The van der Waals surface area contributed by atoms with Crippen LogP contribution in [0.2, 0.25) is 0 Å². The van der Waals surface area contributed by atoms with Gasteiger partial charge in [0, 0.05) is 18.2 Å². The van der Waals surface area contributed by atoms with Crippen LogP contribution in [-0.2, 0) is 17.6 Å². The van der Waals surface area contributed by atoms with Gasteiger partial charge in [-0.05, 0) is 73.9 Å². The van der Waals surface area contributed by atoms with Gasteiger partial charge in [0.1, 0.15) is 0 Å². The zero-order valence-electron chi connectivity index (χ0n) is 19.1. The van der Waals surface area contributed by atoms with Gasteiger partial charge in [-0.1, -0.05) is 43.3 Å². The van der Waals surface area contributed by atoms with Gasteiger partial charge in [-0.15, -0.1) is 0 Å². The summed E-state index contributed by atoms with van der Waals surface area (Å²) < 4.78 is 0. The highest BCUT2D eigenvalue weighted by atomic mass is 16.2. The van der Waals surface area contributed by atoms with E-state index < -0.39 is 0 Å². The third-order valence-corrected chi connectivity index (χ3v) is 7.62. The van der Waals surface area contributed by atoms with Gasteiger partial charge in [-0.2, -0.15) is 0 Å². The van der Waals surface area contributed by atoms with E-state index in [9.17, 15) is 9.59 Å². The summed E-state index contributed by atoms with van der Waals surface area (Å²) in [5, 5.41) is 6.81. The van der Waals surface area contributed by atoms with E-state index in [1.165, 1.54) is 11.1 Å². The second-order valence-electron chi connectivity index (χ2n) is 9.52. The molecule has 0 aromatic heterocycles. The Bertz CT molecular complexity index is 1020. The lowest BCUT2D eigenvalue weighted by molar-refractivity contribution is -0.145. The average Bonchev–Trinajstić information content (AvgIpc) is 2.83. The molecule has 0 radical (unpaired) electrons. The summed E-state index contributed by atoms with van der Waals surface area (Å²) >= 11 is 0. The van der Waals surface area contributed by atoms with E-state index >= 15 is 0 Å². The smallest absolute Gasteiger partial charge is 0.252 e. The Morgan fingerprint density at radius 1 is 1.25 bits per heavy atom. The van der Waals surface area contributed by atoms with Gasteiger partial charge in [-0.3, -0.25) is 9.59 Å². The molecular weight excluding hydrogens is 398 g/mol. The maximum Gasteiger partial charge on any atom is 0.252 e. The fraction of sp³-hybridized carbons (Fsp3) is 0.481. The zero-order valence-corrected chi connectivity index (χ0v) is 19.1. The molecule has 2 aromatic rings. The van der Waals surface area contributed by atoms with Crippen molar-refractivity contribution in [2.75, 3.05) is 13.1 Å². The van der Waals surface area contributed by atoms with Crippen molar-refractivity contribution in [2.45, 2.75) is 64.1 Å². The molecule has 3 aliphatic rings. The Kier molecular flexibility index (Phi) is 5.76. The fourth-order valence-electron chi connectivity index (χ4n) is 5.88. The second kappa shape index (κ2) is 8.70. The lowest BCUT2D eigenvalue weighted by Gasteiger charge is -2.49. The van der Waals surface area contributed by atoms with Crippen LogP contribution in [0.1, 0.15) is 77.8 Å². The third-order valence-electron chi connectivity index (χ3n) is 7.62. The molecule has 2 amide bonds. The number of aryl methyl sites for hydroxylation is 1. The lowest BCUT2D eigenvalue weighted by Crippen LogP contribution is -2.58. The molecule has 0 bridgehead atoms. The number of piperidine rings is 2. The highest BCUT2D eigenvalue weighted by Gasteiger charge is 2.46. The standard InChI is InChI=1S/C27H33N3O2/c1-3-18-14-20-11-13-30-24(16-23-21(27(30)32)10-7-12-28-23)25(20)22(15-18)26(31)29-17(2)19-8-5-4-6-9-19/h4-6,8-9,14-15,17,21,23-24,28H,3,7,10-13,16H2,1-2H3,(H,29,31)/t17-,21+,23+,24-/m1/s1. The highest BCUT2D eigenvalue weighted by molar-refractivity contribution is 5.97. The number of benzene rings is 2. The molecule has 3 aliphatic heterocycles. The molecule has 168 valence electrons. The van der Waals surface area contributed by atoms with Crippen LogP contribution in [0, 0.1) is 5.92 Å². The van der Waals surface area contributed by atoms with E-state index in [-0.39, 0.29) is 35.9 Å². The van der Waals surface area contributed by atoms with Gasteiger partial charge in [0.2, 0.25) is 5.91 Å². The Balaban J connectivity index is 1.50. The lowest BCUT2D eigenvalue weighted by atomic mass is 9.75. The summed E-state index contributed by atoms with van der Waals surface area (Å²) in [5.74, 6) is 0.320. The summed E-state index contributed by atoms with van der Waals surface area (Å²) in [6, 6.07) is 14.5. The van der Waals surface area contributed by atoms with Crippen molar-refractivity contribution < 1.29 is 9.59 Å². The minimum absolute atomic E-state index is 0.0169. The number of hydrogen-bond donors (Lipinski definition) is 2. The van der Waals surface area contributed by atoms with E-state index in [1.807, 2.05) is 37.3 Å². The van der Waals surface area contributed by atoms with E-state index in [2.05, 4.69) is 34.6 Å². The number of nitrogens with one attached hydrogen (secondary N) is 2. The predicted octanol–water partition coefficient (Wildman–Crippen LogP) is 3.94. The van der Waals surface area contributed by atoms with Gasteiger partial charge in [0.25, 0.3) is 5.91 Å². The van der Waals surface area contributed by atoms with E-state index in [4.69, 9.17) is 0 Å². The Morgan fingerprint density at radius 2 is 2.06 bits per heavy atom. The molecule has 32 heavy (non-hydrogen) atoms. The van der Waals surface area contributed by atoms with Crippen molar-refractivity contribution in [3.8, 4) is 0 Å². The van der Waals surface area contributed by atoms with Gasteiger partial charge in [0.05, 0.1) is 18.0 Å². The number of hydrogen-bond acceptors (Lipinski definition) is 3. The first kappa shape index (κ1) is 21.2. The van der Waals surface area contributed by atoms with Crippen molar-refractivity contribution in [3.63, 3.8) is 0 Å². The molecular formula is C27H33N3O2. The van der Waals surface area contributed by atoms with Crippen molar-refractivity contribution in [1.29, 1.82) is 0 Å². The van der Waals surface area contributed by atoms with Crippen LogP contribution >= 0.6 is 0 Å². The van der Waals surface area contributed by atoms with Crippen LogP contribution in [-0.4, -0.2) is 35.8 Å². The zero-order chi connectivity index (χ0) is 22.2. The van der Waals surface area contributed by atoms with Gasteiger partial charge in [0.15, 0.2) is 0 Å². The molecule has 2 aromatic carbocycles.